The van der Waals surface area contributed by atoms with Crippen molar-refractivity contribution < 1.29 is 14.3 Å². The molecular formula is C22H29N3O3. The first-order valence-corrected chi connectivity index (χ1v) is 9.82. The van der Waals surface area contributed by atoms with E-state index in [1.807, 2.05) is 42.5 Å². The van der Waals surface area contributed by atoms with E-state index in [9.17, 15) is 9.59 Å². The number of ether oxygens (including phenoxy) is 1. The summed E-state index contributed by atoms with van der Waals surface area (Å²) in [5.74, 6) is -0.215. The van der Waals surface area contributed by atoms with Crippen LogP contribution in [0, 0.1) is 0 Å². The van der Waals surface area contributed by atoms with Gasteiger partial charge in [0.1, 0.15) is 0 Å². The van der Waals surface area contributed by atoms with E-state index in [1.54, 1.807) is 0 Å². The van der Waals surface area contributed by atoms with Crippen molar-refractivity contribution >= 4 is 22.6 Å². The molecule has 1 saturated heterocycles. The van der Waals surface area contributed by atoms with Gasteiger partial charge in [-0.2, -0.15) is 0 Å². The second-order valence-electron chi connectivity index (χ2n) is 7.76. The number of hydrogen-bond donors (Lipinski definition) is 2. The number of nitrogens with one attached hydrogen (secondary N) is 2. The molecule has 1 heterocycles. The molecule has 6 heteroatoms. The number of benzene rings is 2. The summed E-state index contributed by atoms with van der Waals surface area (Å²) in [6, 6.07) is 13.5. The van der Waals surface area contributed by atoms with Crippen LogP contribution in [0.15, 0.2) is 42.5 Å². The molecule has 28 heavy (non-hydrogen) atoms. The van der Waals surface area contributed by atoms with E-state index < -0.39 is 0 Å². The third-order valence-electron chi connectivity index (χ3n) is 5.23. The fourth-order valence-electron chi connectivity index (χ4n) is 3.41. The largest absolute Gasteiger partial charge is 0.379 e. The lowest BCUT2D eigenvalue weighted by Crippen LogP contribution is -2.55. The summed E-state index contributed by atoms with van der Waals surface area (Å²) in [5, 5.41) is 7.94. The normalized spacial score (nSPS) is 15.4. The summed E-state index contributed by atoms with van der Waals surface area (Å²) >= 11 is 0. The minimum atomic E-state index is -0.160. The van der Waals surface area contributed by atoms with Gasteiger partial charge in [-0.25, -0.2) is 0 Å². The minimum Gasteiger partial charge on any atom is -0.379 e. The monoisotopic (exact) mass is 383 g/mol. The Morgan fingerprint density at radius 2 is 1.75 bits per heavy atom. The summed E-state index contributed by atoms with van der Waals surface area (Å²) in [6.45, 7) is 8.37. The van der Waals surface area contributed by atoms with Gasteiger partial charge in [-0.05, 0) is 36.8 Å². The molecule has 3 rings (SSSR count). The molecule has 6 nitrogen and oxygen atoms in total. The van der Waals surface area contributed by atoms with Gasteiger partial charge in [0.2, 0.25) is 5.91 Å². The van der Waals surface area contributed by atoms with Crippen molar-refractivity contribution in [1.29, 1.82) is 0 Å². The lowest BCUT2D eigenvalue weighted by Gasteiger charge is -2.40. The van der Waals surface area contributed by atoms with E-state index in [1.165, 1.54) is 0 Å². The van der Waals surface area contributed by atoms with E-state index in [0.717, 1.165) is 37.1 Å². The van der Waals surface area contributed by atoms with Crippen molar-refractivity contribution in [3.63, 3.8) is 0 Å². The quantitative estimate of drug-likeness (QED) is 0.769. The maximum Gasteiger partial charge on any atom is 0.251 e. The number of morpholine rings is 1. The average molecular weight is 383 g/mol. The van der Waals surface area contributed by atoms with Crippen LogP contribution < -0.4 is 10.6 Å². The van der Waals surface area contributed by atoms with Gasteiger partial charge in [-0.15, -0.1) is 0 Å². The van der Waals surface area contributed by atoms with Crippen LogP contribution in [-0.2, 0) is 9.53 Å². The van der Waals surface area contributed by atoms with Crippen molar-refractivity contribution in [2.45, 2.75) is 25.8 Å². The van der Waals surface area contributed by atoms with Gasteiger partial charge in [0.25, 0.3) is 5.91 Å². The van der Waals surface area contributed by atoms with E-state index >= 15 is 0 Å². The van der Waals surface area contributed by atoms with Gasteiger partial charge < -0.3 is 15.4 Å². The molecule has 0 aromatic heterocycles. The number of amides is 2. The molecule has 0 atom stereocenters. The molecule has 1 fully saturated rings. The molecule has 0 spiro atoms. The highest BCUT2D eigenvalue weighted by atomic mass is 16.5. The Morgan fingerprint density at radius 1 is 1.04 bits per heavy atom. The van der Waals surface area contributed by atoms with Crippen LogP contribution in [0.3, 0.4) is 0 Å². The molecule has 1 aliphatic rings. The number of carbonyl (C=O) groups excluding carboxylic acids is 2. The molecule has 0 radical (unpaired) electrons. The van der Waals surface area contributed by atoms with Crippen LogP contribution in [0.2, 0.25) is 0 Å². The van der Waals surface area contributed by atoms with Crippen molar-refractivity contribution in [1.82, 2.24) is 15.5 Å². The van der Waals surface area contributed by atoms with Gasteiger partial charge in [-0.3, -0.25) is 14.5 Å². The zero-order valence-electron chi connectivity index (χ0n) is 16.7. The van der Waals surface area contributed by atoms with Crippen LogP contribution in [0.5, 0.6) is 0 Å². The molecule has 2 N–H and O–H groups in total. The predicted octanol–water partition coefficient (Wildman–Crippen LogP) is 2.19. The lowest BCUT2D eigenvalue weighted by atomic mass is 10.0. The number of hydrogen-bond acceptors (Lipinski definition) is 4. The van der Waals surface area contributed by atoms with Crippen LogP contribution in [0.1, 0.15) is 30.6 Å². The molecule has 2 amide bonds. The summed E-state index contributed by atoms with van der Waals surface area (Å²) in [4.78, 5) is 26.8. The van der Waals surface area contributed by atoms with Gasteiger partial charge in [0.05, 0.1) is 13.2 Å². The Labute approximate surface area is 166 Å². The van der Waals surface area contributed by atoms with Gasteiger partial charge in [0.15, 0.2) is 0 Å². The Bertz CT molecular complexity index is 829. The molecule has 150 valence electrons. The average Bonchev–Trinajstić information content (AvgIpc) is 2.72. The Balaban J connectivity index is 1.42. The van der Waals surface area contributed by atoms with E-state index in [-0.39, 0.29) is 23.8 Å². The highest BCUT2D eigenvalue weighted by molar-refractivity contribution is 5.98. The predicted molar refractivity (Wildman–Crippen MR) is 110 cm³/mol. The summed E-state index contributed by atoms with van der Waals surface area (Å²) in [7, 11) is 0. The number of fused-ring (bicyclic) bond motifs is 1. The Morgan fingerprint density at radius 3 is 2.50 bits per heavy atom. The third-order valence-corrected chi connectivity index (χ3v) is 5.23. The van der Waals surface area contributed by atoms with Crippen molar-refractivity contribution in [2.24, 2.45) is 0 Å². The number of carbonyl (C=O) groups is 2. The van der Waals surface area contributed by atoms with Crippen molar-refractivity contribution in [3.05, 3.63) is 48.0 Å². The summed E-state index contributed by atoms with van der Waals surface area (Å²) in [5.41, 5.74) is 0.487. The van der Waals surface area contributed by atoms with Crippen LogP contribution >= 0.6 is 0 Å². The molecule has 0 bridgehead atoms. The molecule has 0 aliphatic carbocycles. The van der Waals surface area contributed by atoms with Gasteiger partial charge in [0, 0.05) is 43.7 Å². The highest BCUT2D eigenvalue weighted by Gasteiger charge is 2.28. The maximum atomic E-state index is 12.3. The summed E-state index contributed by atoms with van der Waals surface area (Å²) in [6.07, 6.45) is 0.262. The topological polar surface area (TPSA) is 70.7 Å². The maximum absolute atomic E-state index is 12.3. The Kier molecular flexibility index (Phi) is 6.65. The molecule has 0 saturated carbocycles. The van der Waals surface area contributed by atoms with E-state index in [2.05, 4.69) is 29.4 Å². The molecule has 0 unspecified atom stereocenters. The summed E-state index contributed by atoms with van der Waals surface area (Å²) < 4.78 is 5.39. The smallest absolute Gasteiger partial charge is 0.251 e. The Hall–Kier alpha value is -2.44. The van der Waals surface area contributed by atoms with Gasteiger partial charge in [-0.1, -0.05) is 30.3 Å². The second-order valence-corrected chi connectivity index (χ2v) is 7.76. The van der Waals surface area contributed by atoms with Gasteiger partial charge >= 0.3 is 0 Å². The van der Waals surface area contributed by atoms with Crippen molar-refractivity contribution in [3.8, 4) is 0 Å². The molecule has 2 aromatic carbocycles. The highest BCUT2D eigenvalue weighted by Crippen LogP contribution is 2.16. The first kappa shape index (κ1) is 20.3. The third kappa shape index (κ3) is 5.30. The standard InChI is InChI=1S/C22H29N3O3/c1-22(2,25-11-13-28-14-12-25)16-24-20(26)9-10-23-21(27)19-8-7-17-5-3-4-6-18(17)15-19/h3-8,15H,9-14,16H2,1-2H3,(H,23,27)(H,24,26). The van der Waals surface area contributed by atoms with Crippen LogP contribution in [-0.4, -0.2) is 61.6 Å². The SMILES string of the molecule is CC(C)(CNC(=O)CCNC(=O)c1ccc2ccccc2c1)N1CCOCC1. The van der Waals surface area contributed by atoms with Crippen molar-refractivity contribution in [2.75, 3.05) is 39.4 Å². The zero-order valence-corrected chi connectivity index (χ0v) is 16.7. The molecule has 1 aliphatic heterocycles. The fraction of sp³-hybridized carbons (Fsp3) is 0.455. The van der Waals surface area contributed by atoms with Crippen LogP contribution in [0.4, 0.5) is 0 Å². The minimum absolute atomic E-state index is 0.0554. The first-order valence-electron chi connectivity index (χ1n) is 9.82. The van der Waals surface area contributed by atoms with E-state index in [0.29, 0.717) is 18.7 Å². The fourth-order valence-corrected chi connectivity index (χ4v) is 3.41. The second kappa shape index (κ2) is 9.17. The van der Waals surface area contributed by atoms with Crippen LogP contribution in [0.25, 0.3) is 10.8 Å². The number of nitrogens with zero attached hydrogens (tertiary/aromatic N) is 1. The molecule has 2 aromatic rings. The zero-order chi connectivity index (χ0) is 20.0. The molecular weight excluding hydrogens is 354 g/mol. The van der Waals surface area contributed by atoms with E-state index in [4.69, 9.17) is 4.74 Å². The lowest BCUT2D eigenvalue weighted by molar-refractivity contribution is -0.121. The number of rotatable bonds is 7. The first-order chi connectivity index (χ1) is 13.5.